The zero-order valence-electron chi connectivity index (χ0n) is 16.4. The number of methoxy groups -OCH3 is 1. The van der Waals surface area contributed by atoms with Crippen LogP contribution < -0.4 is 10.7 Å². The van der Waals surface area contributed by atoms with Gasteiger partial charge in [-0.15, -0.1) is 0 Å². The molecule has 1 aliphatic carbocycles. The topological polar surface area (TPSA) is 90.3 Å². The number of hydrogen-bond donors (Lipinski definition) is 1. The molecule has 0 spiro atoms. The normalized spacial score (nSPS) is 15.6. The first-order chi connectivity index (χ1) is 14.1. The van der Waals surface area contributed by atoms with Crippen molar-refractivity contribution < 1.29 is 27.5 Å². The highest BCUT2D eigenvalue weighted by Crippen LogP contribution is 2.34. The van der Waals surface area contributed by atoms with E-state index in [1.165, 1.54) is 32.2 Å². The number of alkyl halides is 3. The molecule has 0 unspecified atom stereocenters. The lowest BCUT2D eigenvalue weighted by atomic mass is 9.97. The number of carbonyl (C=O) groups is 2. The number of carbonyl (C=O) groups excluding carboxylic acids is 2. The van der Waals surface area contributed by atoms with Gasteiger partial charge >= 0.3 is 12.1 Å². The summed E-state index contributed by atoms with van der Waals surface area (Å²) < 4.78 is 45.9. The van der Waals surface area contributed by atoms with Crippen molar-refractivity contribution in [3.05, 3.63) is 57.5 Å². The van der Waals surface area contributed by atoms with E-state index >= 15 is 0 Å². The van der Waals surface area contributed by atoms with Crippen molar-refractivity contribution in [2.45, 2.75) is 44.3 Å². The maximum Gasteiger partial charge on any atom is 0.418 e. The molecule has 1 aromatic heterocycles. The molecule has 2 aromatic rings. The van der Waals surface area contributed by atoms with Crippen LogP contribution in [0.1, 0.15) is 47.4 Å². The molecule has 0 saturated heterocycles. The number of halogens is 3. The number of ether oxygens (including phenoxy) is 1. The van der Waals surface area contributed by atoms with Crippen LogP contribution in [-0.2, 0) is 15.7 Å². The molecule has 1 aromatic carbocycles. The van der Waals surface area contributed by atoms with Crippen LogP contribution in [0.5, 0.6) is 0 Å². The number of esters is 1. The van der Waals surface area contributed by atoms with E-state index in [1.807, 2.05) is 0 Å². The molecule has 1 heterocycles. The molecule has 1 saturated carbocycles. The van der Waals surface area contributed by atoms with Crippen LogP contribution in [0.4, 0.5) is 13.2 Å². The van der Waals surface area contributed by atoms with Gasteiger partial charge in [-0.3, -0.25) is 9.59 Å². The molecule has 1 aliphatic rings. The van der Waals surface area contributed by atoms with Gasteiger partial charge in [0.2, 0.25) is 5.43 Å². The Balaban J connectivity index is 2.06. The Morgan fingerprint density at radius 2 is 1.83 bits per heavy atom. The van der Waals surface area contributed by atoms with Gasteiger partial charge in [0, 0.05) is 11.8 Å². The molecular weight excluding hydrogens is 403 g/mol. The van der Waals surface area contributed by atoms with Crippen LogP contribution in [0.3, 0.4) is 0 Å². The summed E-state index contributed by atoms with van der Waals surface area (Å²) in [6.07, 6.45) is -2.63. The number of aryl methyl sites for hydroxylation is 1. The third-order valence-electron chi connectivity index (χ3n) is 5.15. The van der Waals surface area contributed by atoms with Crippen LogP contribution in [0.2, 0.25) is 0 Å². The highest BCUT2D eigenvalue weighted by atomic mass is 19.4. The second-order valence-electron chi connectivity index (χ2n) is 7.16. The second-order valence-corrected chi connectivity index (χ2v) is 7.16. The van der Waals surface area contributed by atoms with Crippen molar-refractivity contribution in [3.8, 4) is 5.69 Å². The fourth-order valence-electron chi connectivity index (χ4n) is 3.68. The number of amides is 1. The van der Waals surface area contributed by atoms with Crippen molar-refractivity contribution in [2.24, 2.45) is 0 Å². The maximum atomic E-state index is 13.4. The summed E-state index contributed by atoms with van der Waals surface area (Å²) in [6.45, 7) is 1.41. The van der Waals surface area contributed by atoms with Crippen LogP contribution in [0.25, 0.3) is 5.69 Å². The number of benzene rings is 1. The van der Waals surface area contributed by atoms with Crippen molar-refractivity contribution in [2.75, 3.05) is 7.11 Å². The highest BCUT2D eigenvalue weighted by molar-refractivity contribution is 5.96. The van der Waals surface area contributed by atoms with Gasteiger partial charge in [0.05, 0.1) is 18.4 Å². The minimum absolute atomic E-state index is 0.122. The Bertz CT molecular complexity index is 1040. The maximum absolute atomic E-state index is 13.4. The van der Waals surface area contributed by atoms with Crippen molar-refractivity contribution in [1.29, 1.82) is 0 Å². The lowest BCUT2D eigenvalue weighted by molar-refractivity contribution is -0.148. The molecule has 3 rings (SSSR count). The molecule has 0 atom stereocenters. The van der Waals surface area contributed by atoms with E-state index in [-0.39, 0.29) is 11.4 Å². The van der Waals surface area contributed by atoms with Gasteiger partial charge in [0.1, 0.15) is 5.54 Å². The Morgan fingerprint density at radius 3 is 2.43 bits per heavy atom. The van der Waals surface area contributed by atoms with Gasteiger partial charge in [0.15, 0.2) is 5.69 Å². The summed E-state index contributed by atoms with van der Waals surface area (Å²) >= 11 is 0. The molecule has 0 bridgehead atoms. The molecule has 1 fully saturated rings. The standard InChI is InChI=1S/C20H20F3N3O4/c1-12-11-15(27)16(17(28)24-19(18(29)30-2)9-5-6-10-19)25-26(12)14-8-4-3-7-13(14)20(21,22)23/h3-4,7-8,11H,5-6,9-10H2,1-2H3,(H,24,28). The van der Waals surface area contributed by atoms with E-state index in [0.29, 0.717) is 25.7 Å². The van der Waals surface area contributed by atoms with Crippen molar-refractivity contribution in [3.63, 3.8) is 0 Å². The van der Waals surface area contributed by atoms with Crippen molar-refractivity contribution >= 4 is 11.9 Å². The monoisotopic (exact) mass is 423 g/mol. The van der Waals surface area contributed by atoms with E-state index < -0.39 is 40.3 Å². The molecule has 160 valence electrons. The number of nitrogens with zero attached hydrogens (tertiary/aromatic N) is 2. The van der Waals surface area contributed by atoms with Gasteiger partial charge in [-0.2, -0.15) is 18.3 Å². The molecule has 1 N–H and O–H groups in total. The molecule has 1 amide bonds. The fourth-order valence-corrected chi connectivity index (χ4v) is 3.68. The number of hydrogen-bond acceptors (Lipinski definition) is 5. The molecule has 0 radical (unpaired) electrons. The third-order valence-corrected chi connectivity index (χ3v) is 5.15. The van der Waals surface area contributed by atoms with Gasteiger partial charge < -0.3 is 10.1 Å². The fraction of sp³-hybridized carbons (Fsp3) is 0.400. The Kier molecular flexibility index (Phi) is 5.69. The first kappa shape index (κ1) is 21.5. The van der Waals surface area contributed by atoms with Gasteiger partial charge in [-0.05, 0) is 31.9 Å². The second kappa shape index (κ2) is 7.92. The zero-order chi connectivity index (χ0) is 22.1. The van der Waals surface area contributed by atoms with Gasteiger partial charge in [-0.1, -0.05) is 25.0 Å². The van der Waals surface area contributed by atoms with E-state index in [2.05, 4.69) is 10.4 Å². The van der Waals surface area contributed by atoms with Crippen molar-refractivity contribution in [1.82, 2.24) is 15.1 Å². The van der Waals surface area contributed by atoms with Crippen LogP contribution in [0, 0.1) is 6.92 Å². The summed E-state index contributed by atoms with van der Waals surface area (Å²) in [5, 5.41) is 6.45. The predicted molar refractivity (Wildman–Crippen MR) is 100 cm³/mol. The van der Waals surface area contributed by atoms with E-state index in [0.717, 1.165) is 16.8 Å². The molecule has 7 nitrogen and oxygen atoms in total. The summed E-state index contributed by atoms with van der Waals surface area (Å²) in [6, 6.07) is 5.75. The van der Waals surface area contributed by atoms with E-state index in [4.69, 9.17) is 4.74 Å². The minimum atomic E-state index is -4.66. The van der Waals surface area contributed by atoms with Crippen LogP contribution in [0.15, 0.2) is 35.1 Å². The van der Waals surface area contributed by atoms with E-state index in [9.17, 15) is 27.6 Å². The number of para-hydroxylation sites is 1. The van der Waals surface area contributed by atoms with E-state index in [1.54, 1.807) is 0 Å². The smallest absolute Gasteiger partial charge is 0.418 e. The molecule has 0 aliphatic heterocycles. The SMILES string of the molecule is COC(=O)C1(NC(=O)c2nn(-c3ccccc3C(F)(F)F)c(C)cc2=O)CCCC1. The summed E-state index contributed by atoms with van der Waals surface area (Å²) in [7, 11) is 1.19. The average molecular weight is 423 g/mol. The lowest BCUT2D eigenvalue weighted by Gasteiger charge is -2.27. The molecule has 10 heteroatoms. The number of aromatic nitrogens is 2. The van der Waals surface area contributed by atoms with Crippen LogP contribution >= 0.6 is 0 Å². The molecule has 30 heavy (non-hydrogen) atoms. The Hall–Kier alpha value is -3.17. The average Bonchev–Trinajstić information content (AvgIpc) is 3.16. The number of nitrogens with one attached hydrogen (secondary N) is 1. The first-order valence-electron chi connectivity index (χ1n) is 9.27. The summed E-state index contributed by atoms with van der Waals surface area (Å²) in [5.74, 6) is -1.58. The molecular formula is C20H20F3N3O4. The largest absolute Gasteiger partial charge is 0.467 e. The predicted octanol–water partition coefficient (Wildman–Crippen LogP) is 2.78. The summed E-state index contributed by atoms with van der Waals surface area (Å²) in [4.78, 5) is 37.4. The number of rotatable bonds is 4. The Labute approximate surface area is 169 Å². The quantitative estimate of drug-likeness (QED) is 0.764. The van der Waals surface area contributed by atoms with Gasteiger partial charge in [-0.25, -0.2) is 9.48 Å². The third kappa shape index (κ3) is 3.94. The summed E-state index contributed by atoms with van der Waals surface area (Å²) in [5.41, 5.74) is -3.80. The van der Waals surface area contributed by atoms with Crippen LogP contribution in [-0.4, -0.2) is 34.3 Å². The Morgan fingerprint density at radius 1 is 1.20 bits per heavy atom. The lowest BCUT2D eigenvalue weighted by Crippen LogP contribution is -2.54. The first-order valence-corrected chi connectivity index (χ1v) is 9.27. The zero-order valence-corrected chi connectivity index (χ0v) is 16.4. The minimum Gasteiger partial charge on any atom is -0.467 e. The highest BCUT2D eigenvalue weighted by Gasteiger charge is 2.44. The van der Waals surface area contributed by atoms with Gasteiger partial charge in [0.25, 0.3) is 5.91 Å².